The van der Waals surface area contributed by atoms with Crippen molar-refractivity contribution in [1.29, 1.82) is 0 Å². The van der Waals surface area contributed by atoms with Crippen molar-refractivity contribution in [2.75, 3.05) is 14.2 Å². The van der Waals surface area contributed by atoms with Crippen molar-refractivity contribution < 1.29 is 14.3 Å². The first-order chi connectivity index (χ1) is 12.1. The fourth-order valence-corrected chi connectivity index (χ4v) is 2.74. The zero-order valence-corrected chi connectivity index (χ0v) is 15.2. The van der Waals surface area contributed by atoms with Crippen molar-refractivity contribution in [1.82, 2.24) is 5.32 Å². The minimum atomic E-state index is 0.0790. The monoisotopic (exact) mass is 341 g/mol. The van der Waals surface area contributed by atoms with Crippen LogP contribution in [0.15, 0.2) is 48.5 Å². The molecule has 0 fully saturated rings. The van der Waals surface area contributed by atoms with E-state index in [1.165, 1.54) is 5.56 Å². The third-order valence-electron chi connectivity index (χ3n) is 4.20. The van der Waals surface area contributed by atoms with Gasteiger partial charge in [0, 0.05) is 12.5 Å². The van der Waals surface area contributed by atoms with Gasteiger partial charge in [-0.2, -0.15) is 0 Å². The van der Waals surface area contributed by atoms with Crippen molar-refractivity contribution in [3.8, 4) is 11.5 Å². The Kier molecular flexibility index (Phi) is 7.33. The van der Waals surface area contributed by atoms with E-state index < -0.39 is 0 Å². The van der Waals surface area contributed by atoms with Gasteiger partial charge in [-0.1, -0.05) is 36.4 Å². The van der Waals surface area contributed by atoms with E-state index in [1.807, 2.05) is 36.4 Å². The van der Waals surface area contributed by atoms with Gasteiger partial charge in [0.25, 0.3) is 0 Å². The Balaban J connectivity index is 1.76. The first kappa shape index (κ1) is 18.8. The Morgan fingerprint density at radius 2 is 1.68 bits per heavy atom. The van der Waals surface area contributed by atoms with E-state index in [1.54, 1.807) is 14.2 Å². The minimum Gasteiger partial charge on any atom is -0.493 e. The highest BCUT2D eigenvalue weighted by molar-refractivity contribution is 5.76. The van der Waals surface area contributed by atoms with Gasteiger partial charge in [-0.15, -0.1) is 0 Å². The second-order valence-electron chi connectivity index (χ2n) is 6.18. The maximum absolute atomic E-state index is 12.1. The molecule has 0 radical (unpaired) electrons. The maximum atomic E-state index is 12.1. The van der Waals surface area contributed by atoms with Crippen molar-refractivity contribution in [3.05, 3.63) is 59.7 Å². The molecule has 4 heteroatoms. The Labute approximate surface area is 150 Å². The van der Waals surface area contributed by atoms with Crippen LogP contribution in [0.3, 0.4) is 0 Å². The van der Waals surface area contributed by atoms with E-state index in [0.29, 0.717) is 24.3 Å². The Hall–Kier alpha value is -2.49. The van der Waals surface area contributed by atoms with Crippen molar-refractivity contribution in [2.45, 2.75) is 38.6 Å². The molecular weight excluding hydrogens is 314 g/mol. The molecule has 0 heterocycles. The minimum absolute atomic E-state index is 0.0790. The highest BCUT2D eigenvalue weighted by atomic mass is 16.5. The molecule has 0 saturated heterocycles. The van der Waals surface area contributed by atoms with E-state index in [-0.39, 0.29) is 11.9 Å². The lowest BCUT2D eigenvalue weighted by Gasteiger charge is -2.14. The third-order valence-corrected chi connectivity index (χ3v) is 4.20. The summed E-state index contributed by atoms with van der Waals surface area (Å²) in [6.45, 7) is 2.05. The van der Waals surface area contributed by atoms with Crippen LogP contribution >= 0.6 is 0 Å². The summed E-state index contributed by atoms with van der Waals surface area (Å²) < 4.78 is 10.5. The number of benzene rings is 2. The molecule has 0 aliphatic carbocycles. The predicted octanol–water partition coefficient (Wildman–Crippen LogP) is 3.77. The molecule has 0 aliphatic rings. The number of amides is 1. The topological polar surface area (TPSA) is 47.6 Å². The first-order valence-corrected chi connectivity index (χ1v) is 8.66. The van der Waals surface area contributed by atoms with Crippen molar-refractivity contribution >= 4 is 5.91 Å². The molecule has 0 spiro atoms. The number of carbonyl (C=O) groups excluding carboxylic acids is 1. The van der Waals surface area contributed by atoms with Gasteiger partial charge in [-0.25, -0.2) is 0 Å². The number of aryl methyl sites for hydroxylation is 2. The second kappa shape index (κ2) is 9.72. The zero-order valence-electron chi connectivity index (χ0n) is 15.2. The van der Waals surface area contributed by atoms with Gasteiger partial charge in [0.15, 0.2) is 11.5 Å². The van der Waals surface area contributed by atoms with Crippen LogP contribution < -0.4 is 14.8 Å². The first-order valence-electron chi connectivity index (χ1n) is 8.66. The summed E-state index contributed by atoms with van der Waals surface area (Å²) in [6, 6.07) is 16.3. The van der Waals surface area contributed by atoms with Gasteiger partial charge >= 0.3 is 0 Å². The van der Waals surface area contributed by atoms with Gasteiger partial charge in [0.1, 0.15) is 0 Å². The van der Waals surface area contributed by atoms with Crippen LogP contribution in [0, 0.1) is 0 Å². The smallest absolute Gasteiger partial charge is 0.220 e. The quantitative estimate of drug-likeness (QED) is 0.755. The summed E-state index contributed by atoms with van der Waals surface area (Å²) in [7, 11) is 3.23. The molecule has 0 saturated carbocycles. The summed E-state index contributed by atoms with van der Waals surface area (Å²) in [6.07, 6.45) is 3.05. The Morgan fingerprint density at radius 1 is 0.960 bits per heavy atom. The lowest BCUT2D eigenvalue weighted by atomic mass is 10.1. The summed E-state index contributed by atoms with van der Waals surface area (Å²) >= 11 is 0. The molecule has 1 N–H and O–H groups in total. The number of hydrogen-bond donors (Lipinski definition) is 1. The molecule has 0 aliphatic heterocycles. The summed E-state index contributed by atoms with van der Waals surface area (Å²) in [5.41, 5.74) is 2.36. The van der Waals surface area contributed by atoms with Gasteiger partial charge in [0.2, 0.25) is 5.91 Å². The second-order valence-corrected chi connectivity index (χ2v) is 6.18. The highest BCUT2D eigenvalue weighted by Gasteiger charge is 2.09. The number of carbonyl (C=O) groups is 1. The van der Waals surface area contributed by atoms with E-state index in [0.717, 1.165) is 18.4 Å². The molecule has 2 aromatic rings. The largest absolute Gasteiger partial charge is 0.493 e. The van der Waals surface area contributed by atoms with Crippen LogP contribution in [0.1, 0.15) is 30.9 Å². The molecule has 1 amide bonds. The van der Waals surface area contributed by atoms with Crippen LogP contribution in [0.4, 0.5) is 0 Å². The van der Waals surface area contributed by atoms with E-state index in [4.69, 9.17) is 9.47 Å². The molecule has 4 nitrogen and oxygen atoms in total. The lowest BCUT2D eigenvalue weighted by Crippen LogP contribution is -2.33. The van der Waals surface area contributed by atoms with Crippen LogP contribution in [-0.2, 0) is 17.6 Å². The SMILES string of the molecule is COc1ccc(CCC(=O)NC(C)CCc2ccccc2)cc1OC. The van der Waals surface area contributed by atoms with Crippen molar-refractivity contribution in [3.63, 3.8) is 0 Å². The van der Waals surface area contributed by atoms with Crippen LogP contribution in [0.25, 0.3) is 0 Å². The van der Waals surface area contributed by atoms with E-state index >= 15 is 0 Å². The van der Waals surface area contributed by atoms with Gasteiger partial charge in [-0.05, 0) is 49.4 Å². The molecule has 1 unspecified atom stereocenters. The predicted molar refractivity (Wildman–Crippen MR) is 100 cm³/mol. The number of methoxy groups -OCH3 is 2. The fourth-order valence-electron chi connectivity index (χ4n) is 2.74. The highest BCUT2D eigenvalue weighted by Crippen LogP contribution is 2.27. The fraction of sp³-hybridized carbons (Fsp3) is 0.381. The van der Waals surface area contributed by atoms with Crippen molar-refractivity contribution in [2.24, 2.45) is 0 Å². The standard InChI is InChI=1S/C21H27NO3/c1-16(9-10-17-7-5-4-6-8-17)22-21(23)14-12-18-11-13-19(24-2)20(15-18)25-3/h4-8,11,13,15-16H,9-10,12,14H2,1-3H3,(H,22,23). The number of hydrogen-bond acceptors (Lipinski definition) is 3. The van der Waals surface area contributed by atoms with Crippen LogP contribution in [0.5, 0.6) is 11.5 Å². The Morgan fingerprint density at radius 3 is 2.36 bits per heavy atom. The van der Waals surface area contributed by atoms with Crippen LogP contribution in [0.2, 0.25) is 0 Å². The number of ether oxygens (including phenoxy) is 2. The van der Waals surface area contributed by atoms with Gasteiger partial charge in [-0.3, -0.25) is 4.79 Å². The summed E-state index contributed by atoms with van der Waals surface area (Å²) in [5, 5.41) is 3.08. The van der Waals surface area contributed by atoms with E-state index in [2.05, 4.69) is 24.4 Å². The normalized spacial score (nSPS) is 11.6. The summed E-state index contributed by atoms with van der Waals surface area (Å²) in [4.78, 5) is 12.1. The average molecular weight is 341 g/mol. The van der Waals surface area contributed by atoms with Gasteiger partial charge in [0.05, 0.1) is 14.2 Å². The molecule has 1 atom stereocenters. The molecular formula is C21H27NO3. The number of nitrogens with one attached hydrogen (secondary N) is 1. The molecule has 134 valence electrons. The molecule has 25 heavy (non-hydrogen) atoms. The Bertz CT molecular complexity index is 670. The molecule has 0 bridgehead atoms. The molecule has 2 rings (SSSR count). The average Bonchev–Trinajstić information content (AvgIpc) is 2.65. The van der Waals surface area contributed by atoms with E-state index in [9.17, 15) is 4.79 Å². The van der Waals surface area contributed by atoms with Crippen LogP contribution in [-0.4, -0.2) is 26.2 Å². The lowest BCUT2D eigenvalue weighted by molar-refractivity contribution is -0.121. The molecule has 2 aromatic carbocycles. The molecule has 0 aromatic heterocycles. The maximum Gasteiger partial charge on any atom is 0.220 e. The van der Waals surface area contributed by atoms with Gasteiger partial charge < -0.3 is 14.8 Å². The summed E-state index contributed by atoms with van der Waals surface area (Å²) in [5.74, 6) is 1.47. The third kappa shape index (κ3) is 6.14. The zero-order chi connectivity index (χ0) is 18.1. The number of rotatable bonds is 9.